The van der Waals surface area contributed by atoms with E-state index in [0.29, 0.717) is 0 Å². The van der Waals surface area contributed by atoms with Crippen molar-refractivity contribution < 1.29 is 14.4 Å². The van der Waals surface area contributed by atoms with Crippen molar-refractivity contribution in [3.05, 3.63) is 16.0 Å². The van der Waals surface area contributed by atoms with Crippen molar-refractivity contribution in [1.29, 1.82) is 0 Å². The van der Waals surface area contributed by atoms with Gasteiger partial charge in [0.2, 0.25) is 0 Å². The number of anilines is 1. The fourth-order valence-corrected chi connectivity index (χ4v) is 5.52. The molecule has 1 aliphatic carbocycles. The van der Waals surface area contributed by atoms with Gasteiger partial charge in [-0.2, -0.15) is 0 Å². The molecular weight excluding hydrogens is 332 g/mol. The smallest absolute Gasteiger partial charge is 0.256 e. The van der Waals surface area contributed by atoms with Gasteiger partial charge in [-0.25, -0.2) is 0 Å². The molecule has 124 valence electrons. The number of fused-ring (bicyclic) bond motifs is 3. The summed E-state index contributed by atoms with van der Waals surface area (Å²) in [6.07, 6.45) is 5.49. The zero-order chi connectivity index (χ0) is 16.6. The Morgan fingerprint density at radius 2 is 1.83 bits per heavy atom. The van der Waals surface area contributed by atoms with E-state index in [2.05, 4.69) is 10.6 Å². The van der Waals surface area contributed by atoms with Crippen LogP contribution in [0.25, 0.3) is 0 Å². The van der Waals surface area contributed by atoms with E-state index in [-0.39, 0.29) is 17.5 Å². The Balaban J connectivity index is 1.83. The van der Waals surface area contributed by atoms with Gasteiger partial charge < -0.3 is 10.6 Å². The highest BCUT2D eigenvalue weighted by atomic mass is 32.2. The summed E-state index contributed by atoms with van der Waals surface area (Å²) < 4.78 is 0. The molecule has 0 aromatic carbocycles. The number of thioether (sulfide) groups is 1. The summed E-state index contributed by atoms with van der Waals surface area (Å²) >= 11 is 2.81. The van der Waals surface area contributed by atoms with Crippen LogP contribution in [-0.2, 0) is 22.4 Å². The molecule has 0 fully saturated rings. The van der Waals surface area contributed by atoms with Gasteiger partial charge in [0.1, 0.15) is 27.3 Å². The fraction of sp³-hybridized carbons (Fsp3) is 0.562. The number of nitrogens with one attached hydrogen (secondary N) is 2. The number of rotatable bonds is 4. The van der Waals surface area contributed by atoms with E-state index in [1.807, 2.05) is 0 Å². The first-order chi connectivity index (χ1) is 11.0. The van der Waals surface area contributed by atoms with Gasteiger partial charge in [-0.05, 0) is 45.1 Å². The van der Waals surface area contributed by atoms with Gasteiger partial charge in [0, 0.05) is 4.88 Å². The minimum atomic E-state index is -0.743. The third-order valence-electron chi connectivity index (χ3n) is 4.18. The highest BCUT2D eigenvalue weighted by Crippen LogP contribution is 2.40. The third kappa shape index (κ3) is 3.30. The minimum absolute atomic E-state index is 0.0958. The lowest BCUT2D eigenvalue weighted by molar-refractivity contribution is -0.123. The molecule has 3 rings (SSSR count). The summed E-state index contributed by atoms with van der Waals surface area (Å²) in [6.45, 7) is 2.81. The molecule has 1 amide bonds. The van der Waals surface area contributed by atoms with Crippen LogP contribution in [-0.4, -0.2) is 28.2 Å². The summed E-state index contributed by atoms with van der Waals surface area (Å²) in [5, 5.41) is 6.31. The van der Waals surface area contributed by atoms with E-state index in [4.69, 9.17) is 0 Å². The van der Waals surface area contributed by atoms with Crippen molar-refractivity contribution in [1.82, 2.24) is 5.32 Å². The first-order valence-corrected chi connectivity index (χ1v) is 9.61. The Morgan fingerprint density at radius 3 is 2.52 bits per heavy atom. The molecule has 1 atom stereocenters. The summed E-state index contributed by atoms with van der Waals surface area (Å²) in [6, 6.07) is 0. The average Bonchev–Trinajstić information content (AvgIpc) is 2.66. The van der Waals surface area contributed by atoms with Crippen molar-refractivity contribution in [2.24, 2.45) is 0 Å². The molecule has 0 spiro atoms. The van der Waals surface area contributed by atoms with Gasteiger partial charge in [0.15, 0.2) is 0 Å². The van der Waals surface area contributed by atoms with Crippen molar-refractivity contribution in [3.8, 4) is 0 Å². The number of aryl methyl sites for hydroxylation is 1. The van der Waals surface area contributed by atoms with Crippen molar-refractivity contribution in [2.45, 2.75) is 56.7 Å². The Hall–Kier alpha value is -1.34. The Morgan fingerprint density at radius 1 is 1.13 bits per heavy atom. The molecule has 23 heavy (non-hydrogen) atoms. The molecule has 1 aliphatic heterocycles. The third-order valence-corrected chi connectivity index (χ3v) is 6.85. The first-order valence-electron chi connectivity index (χ1n) is 7.85. The SMILES string of the molecule is CC(=O)C(SC1NC(=O)c2c(sc3c2CCCCC3)N1)C(C)=O. The molecule has 1 aromatic heterocycles. The van der Waals surface area contributed by atoms with Crippen LogP contribution in [0.1, 0.15) is 53.9 Å². The summed E-state index contributed by atoms with van der Waals surface area (Å²) in [4.78, 5) is 37.0. The second-order valence-corrected chi connectivity index (χ2v) is 8.32. The molecule has 2 heterocycles. The van der Waals surface area contributed by atoms with Crippen molar-refractivity contribution in [3.63, 3.8) is 0 Å². The number of hydrogen-bond donors (Lipinski definition) is 2. The molecule has 1 unspecified atom stereocenters. The molecule has 2 aliphatic rings. The van der Waals surface area contributed by atoms with Gasteiger partial charge in [0.25, 0.3) is 5.91 Å². The average molecular weight is 352 g/mol. The van der Waals surface area contributed by atoms with Crippen molar-refractivity contribution >= 4 is 45.6 Å². The number of ketones is 2. The molecule has 0 saturated carbocycles. The quantitative estimate of drug-likeness (QED) is 0.644. The molecule has 7 heteroatoms. The van der Waals surface area contributed by atoms with Crippen LogP contribution in [0.5, 0.6) is 0 Å². The summed E-state index contributed by atoms with van der Waals surface area (Å²) in [5.74, 6) is -0.473. The lowest BCUT2D eigenvalue weighted by Crippen LogP contribution is -2.45. The second-order valence-electron chi connectivity index (χ2n) is 6.00. The molecular formula is C16H20N2O3S2. The van der Waals surface area contributed by atoms with Crippen LogP contribution in [0.15, 0.2) is 0 Å². The largest absolute Gasteiger partial charge is 0.348 e. The van der Waals surface area contributed by atoms with Crippen LogP contribution >= 0.6 is 23.1 Å². The topological polar surface area (TPSA) is 75.3 Å². The molecule has 2 N–H and O–H groups in total. The zero-order valence-electron chi connectivity index (χ0n) is 13.2. The Kier molecular flexibility index (Phi) is 4.77. The zero-order valence-corrected chi connectivity index (χ0v) is 14.9. The first kappa shape index (κ1) is 16.5. The number of Topliss-reactive ketones (excluding diaryl/α,β-unsaturated/α-hetero) is 2. The summed E-state index contributed by atoms with van der Waals surface area (Å²) in [5.41, 5.74) is 1.51. The number of carbonyl (C=O) groups is 3. The highest BCUT2D eigenvalue weighted by Gasteiger charge is 2.34. The second kappa shape index (κ2) is 6.65. The van der Waals surface area contributed by atoms with E-state index >= 15 is 0 Å². The molecule has 0 saturated heterocycles. The normalized spacial score (nSPS) is 20.1. The molecule has 0 bridgehead atoms. The lowest BCUT2D eigenvalue weighted by atomic mass is 10.0. The Labute approximate surface area is 143 Å². The van der Waals surface area contributed by atoms with E-state index in [9.17, 15) is 14.4 Å². The molecule has 0 radical (unpaired) electrons. The molecule has 5 nitrogen and oxygen atoms in total. The van der Waals surface area contributed by atoms with Crippen LogP contribution in [0.2, 0.25) is 0 Å². The maximum atomic E-state index is 12.5. The van der Waals surface area contributed by atoms with Crippen molar-refractivity contribution in [2.75, 3.05) is 5.32 Å². The van der Waals surface area contributed by atoms with E-state index < -0.39 is 10.7 Å². The van der Waals surface area contributed by atoms with E-state index in [1.54, 1.807) is 11.3 Å². The number of thiophene rings is 1. The number of amides is 1. The van der Waals surface area contributed by atoms with Crippen LogP contribution in [0, 0.1) is 0 Å². The number of hydrogen-bond acceptors (Lipinski definition) is 6. The van der Waals surface area contributed by atoms with Gasteiger partial charge in [-0.3, -0.25) is 14.4 Å². The maximum Gasteiger partial charge on any atom is 0.256 e. The predicted octanol–water partition coefficient (Wildman–Crippen LogP) is 2.74. The highest BCUT2D eigenvalue weighted by molar-refractivity contribution is 8.02. The lowest BCUT2D eigenvalue weighted by Gasteiger charge is -2.27. The van der Waals surface area contributed by atoms with Gasteiger partial charge in [-0.15, -0.1) is 11.3 Å². The van der Waals surface area contributed by atoms with Gasteiger partial charge >= 0.3 is 0 Å². The monoisotopic (exact) mass is 352 g/mol. The van der Waals surface area contributed by atoms with E-state index in [1.165, 1.54) is 37.1 Å². The fourth-order valence-electron chi connectivity index (χ4n) is 3.11. The van der Waals surface area contributed by atoms with E-state index in [0.717, 1.165) is 41.6 Å². The maximum absolute atomic E-state index is 12.5. The van der Waals surface area contributed by atoms with Gasteiger partial charge in [-0.1, -0.05) is 18.2 Å². The standard InChI is InChI=1S/C16H20N2O3S2/c1-8(19)13(9(2)20)23-16-17-14(21)12-10-6-4-3-5-7-11(10)22-15(12)18-16/h13,16,18H,3-7H2,1-2H3,(H,17,21). The van der Waals surface area contributed by atoms with Crippen LogP contribution in [0.4, 0.5) is 5.00 Å². The predicted molar refractivity (Wildman–Crippen MR) is 93.2 cm³/mol. The Bertz CT molecular complexity index is 655. The van der Waals surface area contributed by atoms with Gasteiger partial charge in [0.05, 0.1) is 5.56 Å². The minimum Gasteiger partial charge on any atom is -0.348 e. The summed E-state index contributed by atoms with van der Waals surface area (Å²) in [7, 11) is 0. The molecule has 1 aromatic rings. The van der Waals surface area contributed by atoms with Crippen LogP contribution < -0.4 is 10.6 Å². The van der Waals surface area contributed by atoms with Crippen LogP contribution in [0.3, 0.4) is 0 Å². The number of carbonyl (C=O) groups excluding carboxylic acids is 3.